The van der Waals surface area contributed by atoms with Gasteiger partial charge in [0.05, 0.1) is 24.1 Å². The number of fused-ring (bicyclic) bond motifs is 3. The van der Waals surface area contributed by atoms with Crippen molar-refractivity contribution in [3.05, 3.63) is 47.2 Å². The highest BCUT2D eigenvalue weighted by Gasteiger charge is 2.49. The molecule has 4 atom stereocenters. The number of carbonyl (C=O) groups is 1. The molecule has 4 nitrogen and oxygen atoms in total. The molecule has 0 radical (unpaired) electrons. The second kappa shape index (κ2) is 4.68. The van der Waals surface area contributed by atoms with Gasteiger partial charge in [0.15, 0.2) is 5.78 Å². The molecule has 1 aromatic carbocycles. The van der Waals surface area contributed by atoms with E-state index >= 15 is 0 Å². The summed E-state index contributed by atoms with van der Waals surface area (Å²) in [5, 5.41) is 10.2. The molecule has 0 unspecified atom stereocenters. The largest absolute Gasteiger partial charge is 0.489 e. The van der Waals surface area contributed by atoms with Crippen molar-refractivity contribution in [2.75, 3.05) is 7.05 Å². The summed E-state index contributed by atoms with van der Waals surface area (Å²) in [6, 6.07) is 10.0. The van der Waals surface area contributed by atoms with E-state index < -0.39 is 6.10 Å². The molecule has 0 amide bonds. The average molecular weight is 285 g/mol. The molecule has 1 aromatic rings. The van der Waals surface area contributed by atoms with Gasteiger partial charge in [-0.25, -0.2) is 0 Å². The zero-order valence-electron chi connectivity index (χ0n) is 12.0. The Bertz CT molecular complexity index is 610. The maximum Gasteiger partial charge on any atom is 0.167 e. The third-order valence-electron chi connectivity index (χ3n) is 5.04. The smallest absolute Gasteiger partial charge is 0.167 e. The fourth-order valence-electron chi connectivity index (χ4n) is 3.96. The summed E-state index contributed by atoms with van der Waals surface area (Å²) in [4.78, 5) is 14.7. The molecule has 4 rings (SSSR count). The van der Waals surface area contributed by atoms with Crippen LogP contribution in [0.15, 0.2) is 41.7 Å². The number of rotatable bonds is 1. The first-order valence-corrected chi connectivity index (χ1v) is 7.53. The molecule has 1 N–H and O–H groups in total. The molecule has 3 aliphatic rings. The molecule has 3 heterocycles. The first kappa shape index (κ1) is 13.0. The number of aliphatic hydroxyl groups is 1. The second-order valence-corrected chi connectivity index (χ2v) is 6.25. The van der Waals surface area contributed by atoms with Crippen LogP contribution < -0.4 is 0 Å². The van der Waals surface area contributed by atoms with Crippen molar-refractivity contribution in [2.24, 2.45) is 0 Å². The van der Waals surface area contributed by atoms with E-state index in [-0.39, 0.29) is 24.0 Å². The molecule has 0 aromatic heterocycles. The molecule has 0 aliphatic carbocycles. The van der Waals surface area contributed by atoms with Crippen LogP contribution in [0.1, 0.15) is 30.9 Å². The van der Waals surface area contributed by atoms with Crippen molar-refractivity contribution in [1.82, 2.24) is 4.90 Å². The Kier molecular flexibility index (Phi) is 2.91. The molecule has 21 heavy (non-hydrogen) atoms. The van der Waals surface area contributed by atoms with Gasteiger partial charge in [-0.1, -0.05) is 30.3 Å². The lowest BCUT2D eigenvalue weighted by Gasteiger charge is -2.38. The minimum Gasteiger partial charge on any atom is -0.489 e. The summed E-state index contributed by atoms with van der Waals surface area (Å²) >= 11 is 0. The van der Waals surface area contributed by atoms with Crippen molar-refractivity contribution in [3.63, 3.8) is 0 Å². The van der Waals surface area contributed by atoms with Gasteiger partial charge in [0.2, 0.25) is 0 Å². The van der Waals surface area contributed by atoms with Crippen molar-refractivity contribution in [1.29, 1.82) is 0 Å². The van der Waals surface area contributed by atoms with Gasteiger partial charge in [-0.05, 0) is 19.0 Å². The molecule has 1 saturated heterocycles. The van der Waals surface area contributed by atoms with Crippen LogP contribution in [0.3, 0.4) is 0 Å². The van der Waals surface area contributed by atoms with Crippen LogP contribution in [-0.2, 0) is 9.53 Å². The van der Waals surface area contributed by atoms with Crippen LogP contribution >= 0.6 is 0 Å². The van der Waals surface area contributed by atoms with Crippen LogP contribution in [-0.4, -0.2) is 41.0 Å². The summed E-state index contributed by atoms with van der Waals surface area (Å²) in [6.45, 7) is 0. The van der Waals surface area contributed by atoms with Crippen molar-refractivity contribution >= 4 is 5.78 Å². The molecule has 4 heteroatoms. The van der Waals surface area contributed by atoms with Gasteiger partial charge in [0.1, 0.15) is 11.9 Å². The molecule has 3 aliphatic heterocycles. The van der Waals surface area contributed by atoms with Crippen LogP contribution in [0.5, 0.6) is 0 Å². The highest BCUT2D eigenvalue weighted by atomic mass is 16.5. The van der Waals surface area contributed by atoms with Gasteiger partial charge in [-0.15, -0.1) is 0 Å². The Labute approximate surface area is 124 Å². The first-order valence-electron chi connectivity index (χ1n) is 7.53. The number of hydrogen-bond donors (Lipinski definition) is 1. The molecule has 0 saturated carbocycles. The number of carbonyl (C=O) groups excluding carboxylic acids is 1. The number of nitrogens with zero attached hydrogens (tertiary/aromatic N) is 1. The van der Waals surface area contributed by atoms with E-state index in [0.717, 1.165) is 24.2 Å². The molecule has 110 valence electrons. The summed E-state index contributed by atoms with van der Waals surface area (Å²) in [5.41, 5.74) is 1.76. The number of benzene rings is 1. The maximum atomic E-state index is 12.6. The molecule has 2 bridgehead atoms. The number of ether oxygens (including phenoxy) is 1. The summed E-state index contributed by atoms with van der Waals surface area (Å²) < 4.78 is 6.15. The third kappa shape index (κ3) is 1.93. The highest BCUT2D eigenvalue weighted by molar-refractivity contribution is 5.98. The predicted molar refractivity (Wildman–Crippen MR) is 77.5 cm³/mol. The van der Waals surface area contributed by atoms with Gasteiger partial charge >= 0.3 is 0 Å². The second-order valence-electron chi connectivity index (χ2n) is 6.25. The fourth-order valence-corrected chi connectivity index (χ4v) is 3.96. The van der Waals surface area contributed by atoms with Crippen LogP contribution in [0, 0.1) is 0 Å². The Morgan fingerprint density at radius 2 is 2.00 bits per heavy atom. The highest BCUT2D eigenvalue weighted by Crippen LogP contribution is 2.44. The summed E-state index contributed by atoms with van der Waals surface area (Å²) in [5.74, 6) is 0.936. The van der Waals surface area contributed by atoms with E-state index in [0.29, 0.717) is 12.0 Å². The van der Waals surface area contributed by atoms with E-state index in [1.54, 1.807) is 0 Å². The number of hydrogen-bond acceptors (Lipinski definition) is 4. The Morgan fingerprint density at radius 1 is 1.24 bits per heavy atom. The topological polar surface area (TPSA) is 49.8 Å². The van der Waals surface area contributed by atoms with E-state index in [1.165, 1.54) is 0 Å². The minimum atomic E-state index is -0.451. The lowest BCUT2D eigenvalue weighted by atomic mass is 9.88. The van der Waals surface area contributed by atoms with Gasteiger partial charge in [0, 0.05) is 12.5 Å². The fraction of sp³-hybridized carbons (Fsp3) is 0.471. The Morgan fingerprint density at radius 3 is 2.76 bits per heavy atom. The number of ketones is 1. The maximum absolute atomic E-state index is 12.6. The van der Waals surface area contributed by atoms with Gasteiger partial charge in [0.25, 0.3) is 0 Å². The molecule has 0 spiro atoms. The zero-order valence-corrected chi connectivity index (χ0v) is 12.0. The van der Waals surface area contributed by atoms with Crippen molar-refractivity contribution < 1.29 is 14.6 Å². The van der Waals surface area contributed by atoms with E-state index in [9.17, 15) is 9.90 Å². The SMILES string of the molecule is CN1[C@H]2CC3=C(C(=O)C[C@@H](c4ccccc4)O3)[C@@H]1[C@H](O)C2. The van der Waals surface area contributed by atoms with Crippen molar-refractivity contribution in [3.8, 4) is 0 Å². The first-order chi connectivity index (χ1) is 10.1. The quantitative estimate of drug-likeness (QED) is 0.855. The van der Waals surface area contributed by atoms with E-state index in [4.69, 9.17) is 4.74 Å². The monoisotopic (exact) mass is 285 g/mol. The Balaban J connectivity index is 1.69. The predicted octanol–water partition coefficient (Wildman–Crippen LogP) is 1.81. The molecular formula is C17H19NO3. The average Bonchev–Trinajstić information content (AvgIpc) is 2.67. The normalized spacial score (nSPS) is 35.6. The summed E-state index contributed by atoms with van der Waals surface area (Å²) in [7, 11) is 1.99. The summed E-state index contributed by atoms with van der Waals surface area (Å²) in [6.07, 6.45) is 1.19. The van der Waals surface area contributed by atoms with Gasteiger partial charge in [-0.2, -0.15) is 0 Å². The van der Waals surface area contributed by atoms with Crippen LogP contribution in [0.4, 0.5) is 0 Å². The Hall–Kier alpha value is -1.65. The zero-order chi connectivity index (χ0) is 14.6. The van der Waals surface area contributed by atoms with Gasteiger partial charge in [-0.3, -0.25) is 9.69 Å². The lowest BCUT2D eigenvalue weighted by molar-refractivity contribution is -0.122. The van der Waals surface area contributed by atoms with Crippen LogP contribution in [0.2, 0.25) is 0 Å². The number of likely N-dealkylation sites (N-methyl/N-ethyl adjacent to an activating group) is 1. The number of aliphatic hydroxyl groups excluding tert-OH is 1. The number of Topliss-reactive ketones (excluding diaryl/α,β-unsaturated/α-hetero) is 1. The van der Waals surface area contributed by atoms with E-state index in [1.807, 2.05) is 37.4 Å². The molecular weight excluding hydrogens is 266 g/mol. The standard InChI is InChI=1S/C17H19NO3/c1-18-11-7-13(20)17(18)16-12(19)9-14(21-15(16)8-11)10-5-3-2-4-6-10/h2-6,11,13-14,17,20H,7-9H2,1H3/t11-,13-,14+,17+/m1/s1. The lowest BCUT2D eigenvalue weighted by Crippen LogP contribution is -2.45. The third-order valence-corrected chi connectivity index (χ3v) is 5.04. The van der Waals surface area contributed by atoms with E-state index in [2.05, 4.69) is 4.90 Å². The minimum absolute atomic E-state index is 0.126. The van der Waals surface area contributed by atoms with Crippen molar-refractivity contribution in [2.45, 2.75) is 43.6 Å². The van der Waals surface area contributed by atoms with Crippen LogP contribution in [0.25, 0.3) is 0 Å². The molecule has 1 fully saturated rings. The van der Waals surface area contributed by atoms with Gasteiger partial charge < -0.3 is 9.84 Å².